The normalized spacial score (nSPS) is 28.4. The van der Waals surface area contributed by atoms with Crippen molar-refractivity contribution in [2.75, 3.05) is 20.7 Å². The Balaban J connectivity index is 2.71. The number of amides is 1. The van der Waals surface area contributed by atoms with Crippen molar-refractivity contribution in [2.45, 2.75) is 58.5 Å². The predicted octanol–water partition coefficient (Wildman–Crippen LogP) is 3.33. The van der Waals surface area contributed by atoms with Crippen LogP contribution < -0.4 is 0 Å². The van der Waals surface area contributed by atoms with Crippen LogP contribution in [-0.4, -0.2) is 44.0 Å². The highest BCUT2D eigenvalue weighted by Gasteiger charge is 2.42. The molecule has 1 aliphatic rings. The number of alkyl halides is 2. The largest absolute Gasteiger partial charge is 0.381 e. The van der Waals surface area contributed by atoms with E-state index in [4.69, 9.17) is 4.74 Å². The van der Waals surface area contributed by atoms with Gasteiger partial charge in [-0.15, -0.1) is 0 Å². The number of hydrogen-bond donors (Lipinski definition) is 0. The molecule has 0 bridgehead atoms. The Hall–Kier alpha value is -0.710. The molecular formula is C15H27F2NO2. The van der Waals surface area contributed by atoms with Crippen LogP contribution in [-0.2, 0) is 9.53 Å². The highest BCUT2D eigenvalue weighted by atomic mass is 19.3. The average molecular weight is 291 g/mol. The first kappa shape index (κ1) is 17.3. The number of halogens is 2. The molecule has 0 heterocycles. The minimum atomic E-state index is -2.47. The molecule has 1 saturated carbocycles. The van der Waals surface area contributed by atoms with Gasteiger partial charge in [-0.1, -0.05) is 13.8 Å². The summed E-state index contributed by atoms with van der Waals surface area (Å²) in [4.78, 5) is 13.5. The number of methoxy groups -OCH3 is 1. The predicted molar refractivity (Wildman–Crippen MR) is 74.8 cm³/mol. The smallest absolute Gasteiger partial charge is 0.255 e. The van der Waals surface area contributed by atoms with E-state index in [1.807, 2.05) is 6.92 Å². The second-order valence-electron chi connectivity index (χ2n) is 5.98. The molecule has 20 heavy (non-hydrogen) atoms. The van der Waals surface area contributed by atoms with Crippen molar-refractivity contribution in [1.29, 1.82) is 0 Å². The number of carbonyl (C=O) groups is 1. The third kappa shape index (κ3) is 3.90. The summed E-state index contributed by atoms with van der Waals surface area (Å²) in [6.07, 6.45) is 2.45. The van der Waals surface area contributed by atoms with Gasteiger partial charge in [0.15, 0.2) is 0 Å². The Bertz CT molecular complexity index is 315. The van der Waals surface area contributed by atoms with E-state index < -0.39 is 13.0 Å². The Labute approximate surface area is 120 Å². The van der Waals surface area contributed by atoms with Crippen molar-refractivity contribution in [1.82, 2.24) is 4.90 Å². The monoisotopic (exact) mass is 291 g/mol. The fraction of sp³-hybridized carbons (Fsp3) is 0.933. The van der Waals surface area contributed by atoms with E-state index in [-0.39, 0.29) is 23.3 Å². The van der Waals surface area contributed by atoms with Crippen LogP contribution in [0.5, 0.6) is 0 Å². The Morgan fingerprint density at radius 3 is 2.35 bits per heavy atom. The molecule has 118 valence electrons. The Kier molecular flexibility index (Phi) is 6.37. The third-order valence-electron chi connectivity index (χ3n) is 5.04. The average Bonchev–Trinajstić information content (AvgIpc) is 2.45. The maximum Gasteiger partial charge on any atom is 0.255 e. The summed E-state index contributed by atoms with van der Waals surface area (Å²) in [6.45, 7) is 3.49. The van der Waals surface area contributed by atoms with E-state index in [0.717, 1.165) is 32.1 Å². The molecule has 1 fully saturated rings. The maximum atomic E-state index is 12.4. The van der Waals surface area contributed by atoms with Gasteiger partial charge in [0, 0.05) is 20.1 Å². The second-order valence-corrected chi connectivity index (χ2v) is 5.98. The molecular weight excluding hydrogens is 264 g/mol. The maximum absolute atomic E-state index is 12.4. The lowest BCUT2D eigenvalue weighted by molar-refractivity contribution is -0.142. The van der Waals surface area contributed by atoms with Gasteiger partial charge in [-0.3, -0.25) is 4.79 Å². The molecule has 0 radical (unpaired) electrons. The topological polar surface area (TPSA) is 29.5 Å². The second kappa shape index (κ2) is 7.34. The minimum Gasteiger partial charge on any atom is -0.381 e. The molecule has 0 N–H and O–H groups in total. The fourth-order valence-electron chi connectivity index (χ4n) is 3.38. The van der Waals surface area contributed by atoms with Crippen molar-refractivity contribution >= 4 is 5.91 Å². The quantitative estimate of drug-likeness (QED) is 0.751. The van der Waals surface area contributed by atoms with E-state index in [2.05, 4.69) is 6.92 Å². The summed E-state index contributed by atoms with van der Waals surface area (Å²) in [5, 5.41) is 0. The van der Waals surface area contributed by atoms with Gasteiger partial charge in [0.1, 0.15) is 0 Å². The minimum absolute atomic E-state index is 0.0670. The zero-order valence-electron chi connectivity index (χ0n) is 13.0. The van der Waals surface area contributed by atoms with Crippen LogP contribution in [0.3, 0.4) is 0 Å². The third-order valence-corrected chi connectivity index (χ3v) is 5.04. The van der Waals surface area contributed by atoms with Crippen LogP contribution in [0.25, 0.3) is 0 Å². The Morgan fingerprint density at radius 2 is 1.95 bits per heavy atom. The summed E-state index contributed by atoms with van der Waals surface area (Å²) < 4.78 is 30.2. The number of carbonyl (C=O) groups excluding carboxylic acids is 1. The van der Waals surface area contributed by atoms with Gasteiger partial charge in [-0.25, -0.2) is 8.78 Å². The van der Waals surface area contributed by atoms with Gasteiger partial charge in [-0.05, 0) is 37.5 Å². The molecule has 1 unspecified atom stereocenters. The molecule has 1 rings (SSSR count). The number of hydrogen-bond acceptors (Lipinski definition) is 2. The number of nitrogens with zero attached hydrogens (tertiary/aromatic N) is 1. The van der Waals surface area contributed by atoms with Crippen LogP contribution in [0.1, 0.15) is 46.0 Å². The first-order valence-corrected chi connectivity index (χ1v) is 7.42. The van der Waals surface area contributed by atoms with Gasteiger partial charge in [0.2, 0.25) is 5.91 Å². The highest BCUT2D eigenvalue weighted by molar-refractivity contribution is 5.79. The van der Waals surface area contributed by atoms with Crippen molar-refractivity contribution in [3.8, 4) is 0 Å². The van der Waals surface area contributed by atoms with Gasteiger partial charge in [0.05, 0.1) is 12.6 Å². The van der Waals surface area contributed by atoms with Crippen molar-refractivity contribution in [3.05, 3.63) is 0 Å². The van der Waals surface area contributed by atoms with Crippen molar-refractivity contribution in [3.63, 3.8) is 0 Å². The van der Waals surface area contributed by atoms with Crippen molar-refractivity contribution < 1.29 is 18.3 Å². The van der Waals surface area contributed by atoms with Crippen LogP contribution in [0.15, 0.2) is 0 Å². The zero-order chi connectivity index (χ0) is 15.3. The van der Waals surface area contributed by atoms with E-state index in [1.165, 1.54) is 11.9 Å². The molecule has 1 amide bonds. The molecule has 3 nitrogen and oxygen atoms in total. The lowest BCUT2D eigenvalue weighted by atomic mass is 9.64. The summed E-state index contributed by atoms with van der Waals surface area (Å²) in [5.41, 5.74) is -0.0670. The fourth-order valence-corrected chi connectivity index (χ4v) is 3.38. The molecule has 0 spiro atoms. The van der Waals surface area contributed by atoms with Gasteiger partial charge in [-0.2, -0.15) is 0 Å². The van der Waals surface area contributed by atoms with Crippen LogP contribution >= 0.6 is 0 Å². The molecule has 0 aliphatic heterocycles. The van der Waals surface area contributed by atoms with Crippen LogP contribution in [0.4, 0.5) is 8.78 Å². The first-order chi connectivity index (χ1) is 9.36. The first-order valence-electron chi connectivity index (χ1n) is 7.42. The number of ether oxygens (including phenoxy) is 1. The summed E-state index contributed by atoms with van der Waals surface area (Å²) in [7, 11) is 3.18. The molecule has 0 aromatic heterocycles. The molecule has 1 aliphatic carbocycles. The SMILES string of the molecule is CCC1(C(C)C(=O)N(C)CC(F)F)CCC(OC)CC1. The van der Waals surface area contributed by atoms with E-state index in [0.29, 0.717) is 0 Å². The molecule has 0 aromatic carbocycles. The van der Waals surface area contributed by atoms with E-state index in [1.54, 1.807) is 7.11 Å². The van der Waals surface area contributed by atoms with Crippen molar-refractivity contribution in [2.24, 2.45) is 11.3 Å². The van der Waals surface area contributed by atoms with Gasteiger partial charge < -0.3 is 9.64 Å². The zero-order valence-corrected chi connectivity index (χ0v) is 13.0. The lowest BCUT2D eigenvalue weighted by Crippen LogP contribution is -2.45. The molecule has 0 aromatic rings. The summed E-state index contributed by atoms with van der Waals surface area (Å²) in [6, 6.07) is 0. The highest BCUT2D eigenvalue weighted by Crippen LogP contribution is 2.46. The van der Waals surface area contributed by atoms with Gasteiger partial charge >= 0.3 is 0 Å². The molecule has 0 saturated heterocycles. The summed E-state index contributed by atoms with van der Waals surface area (Å²) >= 11 is 0. The lowest BCUT2D eigenvalue weighted by Gasteiger charge is -2.44. The number of rotatable bonds is 6. The Morgan fingerprint density at radius 1 is 1.40 bits per heavy atom. The molecule has 1 atom stereocenters. The van der Waals surface area contributed by atoms with Crippen LogP contribution in [0, 0.1) is 11.3 Å². The summed E-state index contributed by atoms with van der Waals surface area (Å²) in [5.74, 6) is -0.378. The van der Waals surface area contributed by atoms with Gasteiger partial charge in [0.25, 0.3) is 6.43 Å². The van der Waals surface area contributed by atoms with E-state index >= 15 is 0 Å². The standard InChI is InChI=1S/C15H27F2NO2/c1-5-15(8-6-12(20-4)7-9-15)11(2)14(19)18(3)10-13(16)17/h11-13H,5-10H2,1-4H3. The van der Waals surface area contributed by atoms with E-state index in [9.17, 15) is 13.6 Å². The molecule has 5 heteroatoms. The van der Waals surface area contributed by atoms with Crippen LogP contribution in [0.2, 0.25) is 0 Å².